The molecule has 2 aromatic heterocycles. The summed E-state index contributed by atoms with van der Waals surface area (Å²) in [6, 6.07) is 7.69. The zero-order valence-corrected chi connectivity index (χ0v) is 12.8. The maximum atomic E-state index is 5.70. The van der Waals surface area contributed by atoms with Gasteiger partial charge in [0.15, 0.2) is 0 Å². The van der Waals surface area contributed by atoms with Gasteiger partial charge in [-0.3, -0.25) is 4.98 Å². The monoisotopic (exact) mass is 286 g/mol. The molecule has 0 saturated carbocycles. The third-order valence-corrected chi connectivity index (χ3v) is 2.81. The number of aryl methyl sites for hydroxylation is 1. The largest absolute Gasteiger partial charge is 0.477 e. The first-order chi connectivity index (χ1) is 10.2. The molecule has 0 unspecified atom stereocenters. The molecule has 2 aromatic rings. The first-order valence-electron chi connectivity index (χ1n) is 7.32. The van der Waals surface area contributed by atoms with Crippen LogP contribution in [0.15, 0.2) is 30.5 Å². The van der Waals surface area contributed by atoms with Gasteiger partial charge in [0.2, 0.25) is 5.88 Å². The van der Waals surface area contributed by atoms with E-state index in [1.54, 1.807) is 6.20 Å². The number of rotatable bonds is 7. The topological polar surface area (TPSA) is 59.9 Å². The van der Waals surface area contributed by atoms with Crippen LogP contribution in [0.4, 0.5) is 5.82 Å². The van der Waals surface area contributed by atoms with Crippen LogP contribution in [0.3, 0.4) is 0 Å². The van der Waals surface area contributed by atoms with Crippen LogP contribution >= 0.6 is 0 Å². The van der Waals surface area contributed by atoms with Gasteiger partial charge in [-0.15, -0.1) is 0 Å². The van der Waals surface area contributed by atoms with E-state index in [0.29, 0.717) is 24.9 Å². The molecular weight excluding hydrogens is 264 g/mol. The van der Waals surface area contributed by atoms with Crippen LogP contribution in [0.1, 0.15) is 32.3 Å². The number of nitrogens with zero attached hydrogens (tertiary/aromatic N) is 3. The lowest BCUT2D eigenvalue weighted by atomic mass is 10.2. The summed E-state index contributed by atoms with van der Waals surface area (Å²) < 4.78 is 5.70. The summed E-state index contributed by atoms with van der Waals surface area (Å²) in [7, 11) is 0. The van der Waals surface area contributed by atoms with Crippen molar-refractivity contribution in [1.82, 2.24) is 15.0 Å². The Labute approximate surface area is 125 Å². The van der Waals surface area contributed by atoms with Crippen molar-refractivity contribution in [3.63, 3.8) is 0 Å². The molecule has 0 radical (unpaired) electrons. The van der Waals surface area contributed by atoms with Crippen LogP contribution in [-0.4, -0.2) is 21.6 Å². The van der Waals surface area contributed by atoms with Gasteiger partial charge in [-0.1, -0.05) is 26.8 Å². The highest BCUT2D eigenvalue weighted by molar-refractivity contribution is 5.39. The molecule has 0 aliphatic rings. The van der Waals surface area contributed by atoms with E-state index in [4.69, 9.17) is 4.74 Å². The van der Waals surface area contributed by atoms with Crippen molar-refractivity contribution in [2.75, 3.05) is 11.9 Å². The van der Waals surface area contributed by atoms with Gasteiger partial charge in [-0.2, -0.15) is 4.98 Å². The fraction of sp³-hybridized carbons (Fsp3) is 0.438. The molecule has 21 heavy (non-hydrogen) atoms. The van der Waals surface area contributed by atoms with E-state index in [1.807, 2.05) is 31.2 Å². The molecule has 0 amide bonds. The SMILES string of the molecule is CCc1nc(NCc2ccccn2)cc(OCC(C)C)n1. The van der Waals surface area contributed by atoms with Crippen molar-refractivity contribution in [2.45, 2.75) is 33.7 Å². The van der Waals surface area contributed by atoms with Crippen molar-refractivity contribution < 1.29 is 4.74 Å². The molecule has 112 valence electrons. The minimum Gasteiger partial charge on any atom is -0.477 e. The molecule has 5 heteroatoms. The van der Waals surface area contributed by atoms with E-state index in [1.165, 1.54) is 0 Å². The second-order valence-electron chi connectivity index (χ2n) is 5.24. The van der Waals surface area contributed by atoms with Gasteiger partial charge < -0.3 is 10.1 Å². The number of hydrogen-bond acceptors (Lipinski definition) is 5. The van der Waals surface area contributed by atoms with Crippen LogP contribution in [0, 0.1) is 5.92 Å². The first kappa shape index (κ1) is 15.2. The Morgan fingerprint density at radius 1 is 1.24 bits per heavy atom. The van der Waals surface area contributed by atoms with Gasteiger partial charge >= 0.3 is 0 Å². The van der Waals surface area contributed by atoms with E-state index in [2.05, 4.69) is 34.1 Å². The van der Waals surface area contributed by atoms with Crippen molar-refractivity contribution in [3.8, 4) is 5.88 Å². The summed E-state index contributed by atoms with van der Waals surface area (Å²) in [4.78, 5) is 13.1. The highest BCUT2D eigenvalue weighted by Crippen LogP contribution is 2.15. The van der Waals surface area contributed by atoms with E-state index in [9.17, 15) is 0 Å². The Hall–Kier alpha value is -2.17. The van der Waals surface area contributed by atoms with E-state index >= 15 is 0 Å². The van der Waals surface area contributed by atoms with Gasteiger partial charge in [0, 0.05) is 18.7 Å². The van der Waals surface area contributed by atoms with Crippen LogP contribution in [0.25, 0.3) is 0 Å². The third-order valence-electron chi connectivity index (χ3n) is 2.81. The summed E-state index contributed by atoms with van der Waals surface area (Å²) in [6.07, 6.45) is 2.56. The van der Waals surface area contributed by atoms with Gasteiger partial charge in [0.25, 0.3) is 0 Å². The normalized spacial score (nSPS) is 10.7. The van der Waals surface area contributed by atoms with Gasteiger partial charge in [-0.05, 0) is 18.1 Å². The molecule has 2 rings (SSSR count). The lowest BCUT2D eigenvalue weighted by Crippen LogP contribution is -2.09. The van der Waals surface area contributed by atoms with Crippen LogP contribution in [-0.2, 0) is 13.0 Å². The molecule has 1 N–H and O–H groups in total. The molecule has 0 atom stereocenters. The summed E-state index contributed by atoms with van der Waals surface area (Å²) in [5.41, 5.74) is 0.971. The zero-order chi connectivity index (χ0) is 15.1. The number of anilines is 1. The Balaban J connectivity index is 2.05. The number of nitrogens with one attached hydrogen (secondary N) is 1. The van der Waals surface area contributed by atoms with E-state index < -0.39 is 0 Å². The highest BCUT2D eigenvalue weighted by atomic mass is 16.5. The Kier molecular flexibility index (Phi) is 5.49. The second-order valence-corrected chi connectivity index (χ2v) is 5.24. The molecule has 0 aliphatic heterocycles. The van der Waals surface area contributed by atoms with Crippen molar-refractivity contribution >= 4 is 5.82 Å². The van der Waals surface area contributed by atoms with E-state index in [-0.39, 0.29) is 0 Å². The van der Waals surface area contributed by atoms with Crippen LogP contribution in [0.5, 0.6) is 5.88 Å². The Morgan fingerprint density at radius 3 is 2.76 bits per heavy atom. The minimum atomic E-state index is 0.468. The van der Waals surface area contributed by atoms with Gasteiger partial charge in [0.1, 0.15) is 11.6 Å². The van der Waals surface area contributed by atoms with Gasteiger partial charge in [0.05, 0.1) is 18.8 Å². The van der Waals surface area contributed by atoms with Crippen molar-refractivity contribution in [2.24, 2.45) is 5.92 Å². The number of ether oxygens (including phenoxy) is 1. The van der Waals surface area contributed by atoms with Crippen molar-refractivity contribution in [3.05, 3.63) is 42.0 Å². The summed E-state index contributed by atoms with van der Waals surface area (Å²) in [5.74, 6) is 2.64. The second kappa shape index (κ2) is 7.57. The lowest BCUT2D eigenvalue weighted by Gasteiger charge is -2.11. The third kappa shape index (κ3) is 5.02. The average Bonchev–Trinajstić information content (AvgIpc) is 2.51. The molecule has 0 fully saturated rings. The Bertz CT molecular complexity index is 557. The smallest absolute Gasteiger partial charge is 0.218 e. The summed E-state index contributed by atoms with van der Waals surface area (Å²) >= 11 is 0. The summed E-state index contributed by atoms with van der Waals surface area (Å²) in [6.45, 7) is 7.54. The predicted molar refractivity (Wildman–Crippen MR) is 83.3 cm³/mol. The maximum absolute atomic E-state index is 5.70. The fourth-order valence-corrected chi connectivity index (χ4v) is 1.73. The summed E-state index contributed by atoms with van der Waals surface area (Å²) in [5, 5.41) is 3.27. The van der Waals surface area contributed by atoms with Crippen molar-refractivity contribution in [1.29, 1.82) is 0 Å². The molecule has 2 heterocycles. The minimum absolute atomic E-state index is 0.468. The molecule has 0 aliphatic carbocycles. The number of hydrogen-bond donors (Lipinski definition) is 1. The standard InChI is InChI=1S/C16H22N4O/c1-4-14-19-15(9-16(20-14)21-11-12(2)3)18-10-13-7-5-6-8-17-13/h5-9,12H,4,10-11H2,1-3H3,(H,18,19,20). The molecule has 0 bridgehead atoms. The molecule has 0 spiro atoms. The van der Waals surface area contributed by atoms with Crippen LogP contribution in [0.2, 0.25) is 0 Å². The lowest BCUT2D eigenvalue weighted by molar-refractivity contribution is 0.260. The first-order valence-corrected chi connectivity index (χ1v) is 7.32. The van der Waals surface area contributed by atoms with E-state index in [0.717, 1.165) is 23.8 Å². The molecular formula is C16H22N4O. The maximum Gasteiger partial charge on any atom is 0.218 e. The van der Waals surface area contributed by atoms with Gasteiger partial charge in [-0.25, -0.2) is 4.98 Å². The molecule has 0 aromatic carbocycles. The average molecular weight is 286 g/mol. The number of aromatic nitrogens is 3. The van der Waals surface area contributed by atoms with Crippen LogP contribution < -0.4 is 10.1 Å². The molecule has 0 saturated heterocycles. The fourth-order valence-electron chi connectivity index (χ4n) is 1.73. The predicted octanol–water partition coefficient (Wildman–Crippen LogP) is 3.08. The molecule has 5 nitrogen and oxygen atoms in total. The quantitative estimate of drug-likeness (QED) is 0.847. The highest BCUT2D eigenvalue weighted by Gasteiger charge is 2.06. The number of pyridine rings is 1. The Morgan fingerprint density at radius 2 is 2.10 bits per heavy atom. The zero-order valence-electron chi connectivity index (χ0n) is 12.8.